The van der Waals surface area contributed by atoms with Crippen molar-refractivity contribution in [2.24, 2.45) is 0 Å². The Morgan fingerprint density at radius 1 is 1.14 bits per heavy atom. The molecule has 0 saturated carbocycles. The van der Waals surface area contributed by atoms with Gasteiger partial charge in [-0.05, 0) is 12.0 Å². The van der Waals surface area contributed by atoms with Crippen LogP contribution in [0.25, 0.3) is 0 Å². The van der Waals surface area contributed by atoms with Gasteiger partial charge in [0.2, 0.25) is 0 Å². The lowest BCUT2D eigenvalue weighted by molar-refractivity contribution is 0.553. The smallest absolute Gasteiger partial charge is 0.146 e. The van der Waals surface area contributed by atoms with Crippen molar-refractivity contribution in [1.29, 1.82) is 0 Å². The normalized spacial score (nSPS) is 16.5. The Morgan fingerprint density at radius 2 is 1.91 bits per heavy atom. The molecular formula is C16H22N4S2. The van der Waals surface area contributed by atoms with Gasteiger partial charge in [-0.25, -0.2) is 0 Å². The lowest BCUT2D eigenvalue weighted by atomic mass is 10.1. The summed E-state index contributed by atoms with van der Waals surface area (Å²) in [5.74, 6) is 5.98. The van der Waals surface area contributed by atoms with E-state index in [9.17, 15) is 0 Å². The van der Waals surface area contributed by atoms with Crippen LogP contribution in [0.5, 0.6) is 0 Å². The van der Waals surface area contributed by atoms with E-state index in [2.05, 4.69) is 50.4 Å². The van der Waals surface area contributed by atoms with E-state index >= 15 is 0 Å². The SMILES string of the molecule is c1ccc(CCn2cnnc2CNC2CSCCSC2)cc1. The Hall–Kier alpha value is -0.980. The van der Waals surface area contributed by atoms with Crippen molar-refractivity contribution in [2.75, 3.05) is 23.0 Å². The van der Waals surface area contributed by atoms with Gasteiger partial charge in [-0.3, -0.25) is 0 Å². The molecular weight excluding hydrogens is 312 g/mol. The second kappa shape index (κ2) is 8.60. The van der Waals surface area contributed by atoms with Crippen molar-refractivity contribution < 1.29 is 0 Å². The molecule has 118 valence electrons. The van der Waals surface area contributed by atoms with Gasteiger partial charge in [0.25, 0.3) is 0 Å². The monoisotopic (exact) mass is 334 g/mol. The average molecular weight is 335 g/mol. The summed E-state index contributed by atoms with van der Waals surface area (Å²) in [6, 6.07) is 11.2. The van der Waals surface area contributed by atoms with Gasteiger partial charge in [0.05, 0.1) is 6.54 Å². The van der Waals surface area contributed by atoms with Crippen LogP contribution in [0.3, 0.4) is 0 Å². The Labute approximate surface area is 140 Å². The summed E-state index contributed by atoms with van der Waals surface area (Å²) in [7, 11) is 0. The predicted octanol–water partition coefficient (Wildman–Crippen LogP) is 2.46. The van der Waals surface area contributed by atoms with E-state index in [1.54, 1.807) is 0 Å². The Morgan fingerprint density at radius 3 is 2.68 bits per heavy atom. The van der Waals surface area contributed by atoms with Crippen LogP contribution in [0, 0.1) is 0 Å². The molecule has 0 amide bonds. The van der Waals surface area contributed by atoms with Crippen LogP contribution in [-0.2, 0) is 19.5 Å². The fraction of sp³-hybridized carbons (Fsp3) is 0.500. The van der Waals surface area contributed by atoms with Gasteiger partial charge in [-0.15, -0.1) is 10.2 Å². The molecule has 22 heavy (non-hydrogen) atoms. The zero-order chi connectivity index (χ0) is 15.0. The zero-order valence-electron chi connectivity index (χ0n) is 12.6. The van der Waals surface area contributed by atoms with Crippen LogP contribution < -0.4 is 5.32 Å². The first kappa shape index (κ1) is 15.9. The molecule has 1 aliphatic rings. The van der Waals surface area contributed by atoms with Gasteiger partial charge in [0.1, 0.15) is 12.2 Å². The van der Waals surface area contributed by atoms with Gasteiger partial charge in [-0.1, -0.05) is 30.3 Å². The first-order valence-corrected chi connectivity index (χ1v) is 10.0. The molecule has 1 fully saturated rings. The summed E-state index contributed by atoms with van der Waals surface area (Å²) in [5.41, 5.74) is 1.35. The number of aryl methyl sites for hydroxylation is 2. The average Bonchev–Trinajstić information content (AvgIpc) is 2.85. The van der Waals surface area contributed by atoms with E-state index < -0.39 is 0 Å². The maximum atomic E-state index is 4.27. The van der Waals surface area contributed by atoms with Gasteiger partial charge in [0, 0.05) is 35.6 Å². The minimum absolute atomic E-state index is 0.580. The van der Waals surface area contributed by atoms with E-state index in [1.165, 1.54) is 28.6 Å². The number of nitrogens with one attached hydrogen (secondary N) is 1. The lowest BCUT2D eigenvalue weighted by Gasteiger charge is -2.15. The van der Waals surface area contributed by atoms with Crippen LogP contribution >= 0.6 is 23.5 Å². The molecule has 0 aliphatic carbocycles. The number of hydrogen-bond acceptors (Lipinski definition) is 5. The summed E-state index contributed by atoms with van der Waals surface area (Å²) < 4.78 is 2.16. The molecule has 1 N–H and O–H groups in total. The third-order valence-corrected chi connectivity index (χ3v) is 6.26. The quantitative estimate of drug-likeness (QED) is 0.879. The number of rotatable bonds is 6. The number of aromatic nitrogens is 3. The lowest BCUT2D eigenvalue weighted by Crippen LogP contribution is -2.33. The summed E-state index contributed by atoms with van der Waals surface area (Å²) >= 11 is 4.09. The molecule has 1 aromatic carbocycles. The molecule has 2 heterocycles. The third kappa shape index (κ3) is 4.76. The molecule has 2 aromatic rings. The zero-order valence-corrected chi connectivity index (χ0v) is 14.3. The van der Waals surface area contributed by atoms with E-state index in [-0.39, 0.29) is 0 Å². The van der Waals surface area contributed by atoms with E-state index in [0.29, 0.717) is 6.04 Å². The summed E-state index contributed by atoms with van der Waals surface area (Å²) in [5, 5.41) is 12.0. The highest BCUT2D eigenvalue weighted by Crippen LogP contribution is 2.16. The standard InChI is InChI=1S/C16H22N4S2/c1-2-4-14(5-3-1)6-7-20-13-18-19-16(20)10-17-15-11-21-8-9-22-12-15/h1-5,13,15,17H,6-12H2. The molecule has 0 unspecified atom stereocenters. The Kier molecular flexibility index (Phi) is 6.21. The molecule has 4 nitrogen and oxygen atoms in total. The van der Waals surface area contributed by atoms with Gasteiger partial charge in [0.15, 0.2) is 0 Å². The summed E-state index contributed by atoms with van der Waals surface area (Å²) in [4.78, 5) is 0. The number of hydrogen-bond donors (Lipinski definition) is 1. The van der Waals surface area contributed by atoms with Crippen molar-refractivity contribution in [3.8, 4) is 0 Å². The van der Waals surface area contributed by atoms with E-state index in [0.717, 1.165) is 25.3 Å². The second-order valence-electron chi connectivity index (χ2n) is 5.40. The highest BCUT2D eigenvalue weighted by molar-refractivity contribution is 8.03. The fourth-order valence-corrected chi connectivity index (χ4v) is 4.93. The molecule has 0 atom stereocenters. The fourth-order valence-electron chi connectivity index (χ4n) is 2.47. The topological polar surface area (TPSA) is 42.7 Å². The maximum absolute atomic E-state index is 4.27. The largest absolute Gasteiger partial charge is 0.316 e. The van der Waals surface area contributed by atoms with Crippen molar-refractivity contribution >= 4 is 23.5 Å². The molecule has 1 aliphatic heterocycles. The third-order valence-electron chi connectivity index (χ3n) is 3.74. The first-order valence-electron chi connectivity index (χ1n) is 7.71. The Bertz CT molecular complexity index is 550. The number of nitrogens with zero attached hydrogens (tertiary/aromatic N) is 3. The van der Waals surface area contributed by atoms with Crippen molar-refractivity contribution in [3.63, 3.8) is 0 Å². The van der Waals surface area contributed by atoms with Crippen molar-refractivity contribution in [3.05, 3.63) is 48.0 Å². The minimum atomic E-state index is 0.580. The second-order valence-corrected chi connectivity index (χ2v) is 7.70. The molecule has 3 rings (SSSR count). The molecule has 6 heteroatoms. The summed E-state index contributed by atoms with van der Waals surface area (Å²) in [6.45, 7) is 1.74. The van der Waals surface area contributed by atoms with Gasteiger partial charge >= 0.3 is 0 Å². The highest BCUT2D eigenvalue weighted by Gasteiger charge is 2.13. The first-order chi connectivity index (χ1) is 10.9. The van der Waals surface area contributed by atoms with Gasteiger partial charge < -0.3 is 9.88 Å². The van der Waals surface area contributed by atoms with Crippen LogP contribution in [0.2, 0.25) is 0 Å². The molecule has 0 radical (unpaired) electrons. The predicted molar refractivity (Wildman–Crippen MR) is 95.4 cm³/mol. The van der Waals surface area contributed by atoms with Crippen LogP contribution in [0.4, 0.5) is 0 Å². The summed E-state index contributed by atoms with van der Waals surface area (Å²) in [6.07, 6.45) is 2.86. The van der Waals surface area contributed by atoms with Crippen molar-refractivity contribution in [2.45, 2.75) is 25.6 Å². The molecule has 1 aromatic heterocycles. The molecule has 1 saturated heterocycles. The van der Waals surface area contributed by atoms with Crippen LogP contribution in [-0.4, -0.2) is 43.8 Å². The minimum Gasteiger partial charge on any atom is -0.316 e. The van der Waals surface area contributed by atoms with Crippen LogP contribution in [0.15, 0.2) is 36.7 Å². The Balaban J connectivity index is 1.51. The number of thioether (sulfide) groups is 2. The molecule has 0 bridgehead atoms. The maximum Gasteiger partial charge on any atom is 0.146 e. The van der Waals surface area contributed by atoms with Crippen LogP contribution in [0.1, 0.15) is 11.4 Å². The highest BCUT2D eigenvalue weighted by atomic mass is 32.2. The number of benzene rings is 1. The van der Waals surface area contributed by atoms with Crippen molar-refractivity contribution in [1.82, 2.24) is 20.1 Å². The molecule has 0 spiro atoms. The van der Waals surface area contributed by atoms with E-state index in [1.807, 2.05) is 29.9 Å². The van der Waals surface area contributed by atoms with E-state index in [4.69, 9.17) is 0 Å². The van der Waals surface area contributed by atoms with Gasteiger partial charge in [-0.2, -0.15) is 23.5 Å².